The molecule has 26 heavy (non-hydrogen) atoms. The van der Waals surface area contributed by atoms with Crippen molar-refractivity contribution in [3.63, 3.8) is 0 Å². The number of anilines is 1. The highest BCUT2D eigenvalue weighted by molar-refractivity contribution is 7.85. The standard InChI is InChI=1S/C16H17N3O2.CH4O3S/c1-18(2)6-7-19-15(20)12-5-3-4-10-8-11(17)9-13(14(10)12)16(19)21;1-5(2,3)4/h3-5,8-9H,6-7,17H2,1-2H3;1H3,(H,2,3,4). The molecule has 0 bridgehead atoms. The molecule has 0 unspecified atom stereocenters. The van der Waals surface area contributed by atoms with E-state index in [0.29, 0.717) is 41.5 Å². The monoisotopic (exact) mass is 379 g/mol. The third kappa shape index (κ3) is 4.57. The van der Waals surface area contributed by atoms with Crippen molar-refractivity contribution >= 4 is 38.4 Å². The van der Waals surface area contributed by atoms with Crippen LogP contribution in [0.15, 0.2) is 30.3 Å². The van der Waals surface area contributed by atoms with Crippen LogP contribution in [0, 0.1) is 0 Å². The number of hydrogen-bond donors (Lipinski definition) is 2. The zero-order chi connectivity index (χ0) is 19.6. The number of carbonyl (C=O) groups excluding carboxylic acids is 2. The molecule has 140 valence electrons. The first-order valence-corrected chi connectivity index (χ1v) is 9.59. The zero-order valence-electron chi connectivity index (χ0n) is 14.8. The molecule has 1 aliphatic rings. The molecule has 1 aliphatic heterocycles. The normalized spacial score (nSPS) is 13.8. The number of nitrogens with zero attached hydrogens (tertiary/aromatic N) is 2. The summed E-state index contributed by atoms with van der Waals surface area (Å²) in [7, 11) is 0.150. The number of carbonyl (C=O) groups is 2. The van der Waals surface area contributed by atoms with Gasteiger partial charge in [-0.2, -0.15) is 8.42 Å². The Morgan fingerprint density at radius 3 is 2.27 bits per heavy atom. The number of nitrogens with two attached hydrogens (primary N) is 1. The van der Waals surface area contributed by atoms with Crippen LogP contribution in [0.25, 0.3) is 10.8 Å². The van der Waals surface area contributed by atoms with Gasteiger partial charge in [0.25, 0.3) is 21.9 Å². The lowest BCUT2D eigenvalue weighted by Crippen LogP contribution is -2.43. The summed E-state index contributed by atoms with van der Waals surface area (Å²) >= 11 is 0. The molecular formula is C17H21N3O5S. The maximum absolute atomic E-state index is 12.6. The Morgan fingerprint density at radius 1 is 1.12 bits per heavy atom. The summed E-state index contributed by atoms with van der Waals surface area (Å²) in [4.78, 5) is 28.4. The van der Waals surface area contributed by atoms with Gasteiger partial charge >= 0.3 is 0 Å². The molecule has 3 rings (SSSR count). The Labute approximate surface area is 151 Å². The number of benzene rings is 2. The summed E-state index contributed by atoms with van der Waals surface area (Å²) < 4.78 is 25.9. The molecule has 1 heterocycles. The van der Waals surface area contributed by atoms with Crippen LogP contribution in [0.5, 0.6) is 0 Å². The van der Waals surface area contributed by atoms with Crippen molar-refractivity contribution in [2.24, 2.45) is 0 Å². The van der Waals surface area contributed by atoms with Gasteiger partial charge in [0.2, 0.25) is 0 Å². The molecule has 2 aromatic carbocycles. The third-order valence-corrected chi connectivity index (χ3v) is 3.72. The molecule has 0 saturated carbocycles. The Morgan fingerprint density at radius 2 is 1.69 bits per heavy atom. The highest BCUT2D eigenvalue weighted by Gasteiger charge is 2.32. The highest BCUT2D eigenvalue weighted by Crippen LogP contribution is 2.31. The number of rotatable bonds is 3. The van der Waals surface area contributed by atoms with Crippen molar-refractivity contribution in [2.45, 2.75) is 0 Å². The van der Waals surface area contributed by atoms with Crippen LogP contribution < -0.4 is 5.73 Å². The molecule has 3 N–H and O–H groups in total. The van der Waals surface area contributed by atoms with Crippen molar-refractivity contribution < 1.29 is 22.6 Å². The average Bonchev–Trinajstić information content (AvgIpc) is 2.50. The summed E-state index contributed by atoms with van der Waals surface area (Å²) in [6.07, 6.45) is 0.715. The minimum Gasteiger partial charge on any atom is -0.399 e. The number of nitrogen functional groups attached to an aromatic ring is 1. The molecule has 0 radical (unpaired) electrons. The second-order valence-electron chi connectivity index (χ2n) is 6.27. The Bertz CT molecular complexity index is 962. The zero-order valence-corrected chi connectivity index (χ0v) is 15.6. The van der Waals surface area contributed by atoms with Gasteiger partial charge in [0, 0.05) is 29.7 Å². The van der Waals surface area contributed by atoms with Gasteiger partial charge in [0.05, 0.1) is 11.8 Å². The van der Waals surface area contributed by atoms with Gasteiger partial charge in [0.15, 0.2) is 0 Å². The predicted molar refractivity (Wildman–Crippen MR) is 99.8 cm³/mol. The second kappa shape index (κ2) is 7.40. The van der Waals surface area contributed by atoms with Crippen LogP contribution in [-0.4, -0.2) is 68.0 Å². The fourth-order valence-corrected chi connectivity index (χ4v) is 2.68. The van der Waals surface area contributed by atoms with E-state index in [1.807, 2.05) is 31.1 Å². The lowest BCUT2D eigenvalue weighted by Gasteiger charge is -2.28. The summed E-state index contributed by atoms with van der Waals surface area (Å²) in [5.74, 6) is -0.498. The van der Waals surface area contributed by atoms with E-state index >= 15 is 0 Å². The summed E-state index contributed by atoms with van der Waals surface area (Å²) in [6.45, 7) is 1.00. The van der Waals surface area contributed by atoms with Gasteiger partial charge in [-0.25, -0.2) is 0 Å². The summed E-state index contributed by atoms with van der Waals surface area (Å²) in [5, 5.41) is 1.54. The molecule has 2 amide bonds. The van der Waals surface area contributed by atoms with E-state index in [2.05, 4.69) is 0 Å². The van der Waals surface area contributed by atoms with Crippen LogP contribution in [0.3, 0.4) is 0 Å². The first-order chi connectivity index (χ1) is 12.0. The lowest BCUT2D eigenvalue weighted by atomic mass is 9.93. The molecule has 0 atom stereocenters. The summed E-state index contributed by atoms with van der Waals surface area (Å²) in [5.41, 5.74) is 7.49. The van der Waals surface area contributed by atoms with Crippen molar-refractivity contribution in [2.75, 3.05) is 39.2 Å². The fraction of sp³-hybridized carbons (Fsp3) is 0.294. The van der Waals surface area contributed by atoms with Crippen LogP contribution in [-0.2, 0) is 10.1 Å². The van der Waals surface area contributed by atoms with Crippen LogP contribution in [0.4, 0.5) is 5.69 Å². The quantitative estimate of drug-likeness (QED) is 0.465. The second-order valence-corrected chi connectivity index (χ2v) is 7.74. The van der Waals surface area contributed by atoms with Crippen LogP contribution >= 0.6 is 0 Å². The molecule has 9 heteroatoms. The molecule has 0 spiro atoms. The van der Waals surface area contributed by atoms with Crippen LogP contribution in [0.1, 0.15) is 20.7 Å². The van der Waals surface area contributed by atoms with E-state index < -0.39 is 10.1 Å². The van der Waals surface area contributed by atoms with E-state index in [4.69, 9.17) is 10.3 Å². The van der Waals surface area contributed by atoms with Gasteiger partial charge in [-0.3, -0.25) is 19.0 Å². The fourth-order valence-electron chi connectivity index (χ4n) is 2.68. The van der Waals surface area contributed by atoms with E-state index in [-0.39, 0.29) is 11.8 Å². The third-order valence-electron chi connectivity index (χ3n) is 3.72. The van der Waals surface area contributed by atoms with Crippen molar-refractivity contribution in [1.29, 1.82) is 0 Å². The number of imide groups is 1. The Kier molecular flexibility index (Phi) is 5.65. The van der Waals surface area contributed by atoms with Crippen molar-refractivity contribution in [3.05, 3.63) is 41.5 Å². The SMILES string of the molecule is CN(C)CCN1C(=O)c2cccc3cc(N)cc(c23)C1=O.CS(=O)(=O)O. The smallest absolute Gasteiger partial charge is 0.261 e. The van der Waals surface area contributed by atoms with E-state index in [1.165, 1.54) is 4.90 Å². The first-order valence-electron chi connectivity index (χ1n) is 7.74. The van der Waals surface area contributed by atoms with Gasteiger partial charge in [0.1, 0.15) is 0 Å². The Balaban J connectivity index is 0.000000431. The minimum atomic E-state index is -3.67. The number of amides is 2. The van der Waals surface area contributed by atoms with Gasteiger partial charge in [-0.05, 0) is 37.7 Å². The maximum Gasteiger partial charge on any atom is 0.261 e. The molecule has 0 aromatic heterocycles. The van der Waals surface area contributed by atoms with E-state index in [1.54, 1.807) is 18.2 Å². The van der Waals surface area contributed by atoms with Crippen molar-refractivity contribution in [1.82, 2.24) is 9.80 Å². The molecule has 0 fully saturated rings. The highest BCUT2D eigenvalue weighted by atomic mass is 32.2. The van der Waals surface area contributed by atoms with Crippen molar-refractivity contribution in [3.8, 4) is 0 Å². The average molecular weight is 379 g/mol. The molecule has 0 saturated heterocycles. The maximum atomic E-state index is 12.6. The predicted octanol–water partition coefficient (Wildman–Crippen LogP) is 1.08. The summed E-state index contributed by atoms with van der Waals surface area (Å²) in [6, 6.07) is 8.90. The van der Waals surface area contributed by atoms with Crippen LogP contribution in [0.2, 0.25) is 0 Å². The Hall–Kier alpha value is -2.49. The molecule has 8 nitrogen and oxygen atoms in total. The van der Waals surface area contributed by atoms with Gasteiger partial charge in [-0.15, -0.1) is 0 Å². The topological polar surface area (TPSA) is 121 Å². The largest absolute Gasteiger partial charge is 0.399 e. The molecular weight excluding hydrogens is 358 g/mol. The molecule has 2 aromatic rings. The van der Waals surface area contributed by atoms with E-state index in [9.17, 15) is 18.0 Å². The van der Waals surface area contributed by atoms with E-state index in [0.717, 1.165) is 5.39 Å². The minimum absolute atomic E-state index is 0.232. The van der Waals surface area contributed by atoms with Gasteiger partial charge in [-0.1, -0.05) is 12.1 Å². The first kappa shape index (κ1) is 19.8. The number of likely N-dealkylation sites (N-methyl/N-ethyl adjacent to an activating group) is 1. The molecule has 0 aliphatic carbocycles. The lowest BCUT2D eigenvalue weighted by molar-refractivity contribution is 0.0601. The van der Waals surface area contributed by atoms with Gasteiger partial charge < -0.3 is 10.6 Å². The number of hydrogen-bond acceptors (Lipinski definition) is 6.